The monoisotopic (exact) mass is 901 g/mol. The molecule has 3 nitrogen and oxygen atoms in total. The summed E-state index contributed by atoms with van der Waals surface area (Å²) in [5.41, 5.74) is 7.68. The highest BCUT2D eigenvalue weighted by Gasteiger charge is 2.41. The molecule has 0 aliphatic carbocycles. The summed E-state index contributed by atoms with van der Waals surface area (Å²) < 4.78 is 93.5. The number of nitriles is 1. The van der Waals surface area contributed by atoms with Crippen molar-refractivity contribution in [2.24, 2.45) is 0 Å². The third-order valence-electron chi connectivity index (χ3n) is 13.0. The molecular formula is C59H37F6N3. The van der Waals surface area contributed by atoms with Crippen molar-refractivity contribution < 1.29 is 26.3 Å². The summed E-state index contributed by atoms with van der Waals surface area (Å²) in [6.07, 6.45) is -10.2. The lowest BCUT2D eigenvalue weighted by molar-refractivity contribution is -0.142. The number of hydrogen-bond acceptors (Lipinski definition) is 1. The van der Waals surface area contributed by atoms with Crippen molar-refractivity contribution >= 4 is 43.6 Å². The lowest BCUT2D eigenvalue weighted by atomic mass is 9.90. The van der Waals surface area contributed by atoms with Crippen molar-refractivity contribution in [3.63, 3.8) is 0 Å². The molecule has 0 N–H and O–H groups in total. The molecule has 68 heavy (non-hydrogen) atoms. The number of halogens is 6. The normalized spacial score (nSPS) is 12.1. The molecule has 9 aromatic carbocycles. The Hall–Kier alpha value is -8.35. The van der Waals surface area contributed by atoms with Crippen LogP contribution in [-0.4, -0.2) is 9.13 Å². The van der Waals surface area contributed by atoms with E-state index in [1.165, 1.54) is 12.1 Å². The number of aryl methyl sites for hydroxylation is 2. The zero-order valence-electron chi connectivity index (χ0n) is 36.5. The average molecular weight is 902 g/mol. The summed E-state index contributed by atoms with van der Waals surface area (Å²) in [6, 6.07) is 58.4. The van der Waals surface area contributed by atoms with Gasteiger partial charge in [0.25, 0.3) is 0 Å². The highest BCUT2D eigenvalue weighted by Crippen LogP contribution is 2.48. The highest BCUT2D eigenvalue weighted by molar-refractivity contribution is 6.13. The minimum atomic E-state index is -5.11. The van der Waals surface area contributed by atoms with Gasteiger partial charge < -0.3 is 9.13 Å². The molecule has 0 radical (unpaired) electrons. The average Bonchev–Trinajstić information content (AvgIpc) is 3.85. The second kappa shape index (κ2) is 15.9. The van der Waals surface area contributed by atoms with Crippen LogP contribution in [0.15, 0.2) is 188 Å². The summed E-state index contributed by atoms with van der Waals surface area (Å²) in [4.78, 5) is 0. The molecule has 2 heterocycles. The van der Waals surface area contributed by atoms with Crippen LogP contribution in [0, 0.1) is 25.2 Å². The molecule has 0 unspecified atom stereocenters. The lowest BCUT2D eigenvalue weighted by Gasteiger charge is -2.22. The number of benzene rings is 9. The Morgan fingerprint density at radius 1 is 0.382 bits per heavy atom. The third-order valence-corrected chi connectivity index (χ3v) is 13.0. The molecule has 0 saturated carbocycles. The molecule has 2 aromatic heterocycles. The third kappa shape index (κ3) is 7.08. The zero-order chi connectivity index (χ0) is 47.1. The van der Waals surface area contributed by atoms with Crippen molar-refractivity contribution in [3.8, 4) is 62.0 Å². The van der Waals surface area contributed by atoms with Gasteiger partial charge in [0.2, 0.25) is 0 Å². The van der Waals surface area contributed by atoms with Crippen molar-refractivity contribution in [1.29, 1.82) is 5.26 Å². The molecule has 11 aromatic rings. The Kier molecular flexibility index (Phi) is 9.90. The summed E-state index contributed by atoms with van der Waals surface area (Å²) in [6.45, 7) is 4.05. The number of para-hydroxylation sites is 2. The smallest absolute Gasteiger partial charge is 0.309 e. The molecule has 11 rings (SSSR count). The van der Waals surface area contributed by atoms with Gasteiger partial charge in [-0.3, -0.25) is 0 Å². The van der Waals surface area contributed by atoms with E-state index in [0.29, 0.717) is 51.2 Å². The molecule has 0 amide bonds. The maximum absolute atomic E-state index is 14.9. The van der Waals surface area contributed by atoms with Gasteiger partial charge in [0.05, 0.1) is 56.2 Å². The van der Waals surface area contributed by atoms with Gasteiger partial charge in [-0.2, -0.15) is 31.6 Å². The highest BCUT2D eigenvalue weighted by atomic mass is 19.4. The first kappa shape index (κ1) is 42.3. The minimum absolute atomic E-state index is 0.262. The number of alkyl halides is 6. The summed E-state index contributed by atoms with van der Waals surface area (Å²) >= 11 is 0. The van der Waals surface area contributed by atoms with Crippen LogP contribution in [0.5, 0.6) is 0 Å². The van der Waals surface area contributed by atoms with E-state index in [9.17, 15) is 31.6 Å². The predicted octanol–water partition coefficient (Wildman–Crippen LogP) is 17.1. The van der Waals surface area contributed by atoms with Crippen LogP contribution in [0.3, 0.4) is 0 Å². The summed E-state index contributed by atoms with van der Waals surface area (Å²) in [5.74, 6) is 0. The quantitative estimate of drug-likeness (QED) is 0.153. The first-order chi connectivity index (χ1) is 32.8. The van der Waals surface area contributed by atoms with Crippen LogP contribution < -0.4 is 0 Å². The lowest BCUT2D eigenvalue weighted by Crippen LogP contribution is -2.14. The standard InChI is InChI=1S/C59H37F6N3/c1-35-14-19-38(20-15-35)40-24-28-53-47(31-40)43-8-3-5-12-51(43)67(53)55-30-37(34-66)18-26-45(55)46-27-23-42(57-49(58(60,61)62)10-7-11-50(57)59(63,64)65)33-56(46)68-52-13-6-4-9-44(52)48-32-41(25-29-54(48)68)39-21-16-36(2)17-22-39/h3-33H,1-2H3. The van der Waals surface area contributed by atoms with E-state index in [4.69, 9.17) is 0 Å². The number of aromatic nitrogens is 2. The first-order valence-corrected chi connectivity index (χ1v) is 21.9. The fourth-order valence-electron chi connectivity index (χ4n) is 9.77. The molecule has 0 aliphatic rings. The molecule has 0 spiro atoms. The molecule has 0 fully saturated rings. The van der Waals surface area contributed by atoms with E-state index >= 15 is 0 Å². The molecule has 0 saturated heterocycles. The van der Waals surface area contributed by atoms with E-state index in [1.807, 2.05) is 115 Å². The predicted molar refractivity (Wildman–Crippen MR) is 261 cm³/mol. The van der Waals surface area contributed by atoms with Gasteiger partial charge >= 0.3 is 12.4 Å². The molecular weight excluding hydrogens is 865 g/mol. The molecule has 9 heteroatoms. The van der Waals surface area contributed by atoms with Crippen molar-refractivity contribution in [1.82, 2.24) is 9.13 Å². The van der Waals surface area contributed by atoms with Crippen LogP contribution >= 0.6 is 0 Å². The minimum Gasteiger partial charge on any atom is -0.309 e. The van der Waals surface area contributed by atoms with E-state index in [0.717, 1.165) is 72.0 Å². The van der Waals surface area contributed by atoms with Gasteiger partial charge in [-0.1, -0.05) is 132 Å². The molecule has 0 aliphatic heterocycles. The Labute approximate surface area is 387 Å². The number of rotatable bonds is 6. The van der Waals surface area contributed by atoms with Gasteiger partial charge in [-0.25, -0.2) is 0 Å². The zero-order valence-corrected chi connectivity index (χ0v) is 36.5. The SMILES string of the molecule is Cc1ccc(-c2ccc3c(c2)c2ccccc2n3-c2cc(C#N)ccc2-c2ccc(-c3c(C(F)(F)F)cccc3C(F)(F)F)cc2-n2c3ccccc3c3cc(-c4ccc(C)cc4)ccc32)cc1. The fraction of sp³-hybridized carbons (Fsp3) is 0.0678. The topological polar surface area (TPSA) is 33.6 Å². The Bertz CT molecular complexity index is 3810. The number of nitrogens with zero attached hydrogens (tertiary/aromatic N) is 3. The van der Waals surface area contributed by atoms with Gasteiger partial charge in [0, 0.05) is 38.2 Å². The largest absolute Gasteiger partial charge is 0.417 e. The molecule has 0 bridgehead atoms. The van der Waals surface area contributed by atoms with E-state index in [1.54, 1.807) is 18.2 Å². The van der Waals surface area contributed by atoms with Gasteiger partial charge in [0.1, 0.15) is 0 Å². The van der Waals surface area contributed by atoms with E-state index in [-0.39, 0.29) is 5.56 Å². The number of fused-ring (bicyclic) bond motifs is 6. The Morgan fingerprint density at radius 3 is 1.26 bits per heavy atom. The second-order valence-electron chi connectivity index (χ2n) is 17.2. The van der Waals surface area contributed by atoms with Gasteiger partial charge in [-0.15, -0.1) is 0 Å². The Morgan fingerprint density at radius 2 is 0.794 bits per heavy atom. The molecule has 330 valence electrons. The van der Waals surface area contributed by atoms with Gasteiger partial charge in [0.15, 0.2) is 0 Å². The van der Waals surface area contributed by atoms with Gasteiger partial charge in [-0.05, 0) is 108 Å². The van der Waals surface area contributed by atoms with Crippen LogP contribution in [0.2, 0.25) is 0 Å². The first-order valence-electron chi connectivity index (χ1n) is 21.9. The summed E-state index contributed by atoms with van der Waals surface area (Å²) in [7, 11) is 0. The maximum atomic E-state index is 14.9. The van der Waals surface area contributed by atoms with Crippen LogP contribution in [0.4, 0.5) is 26.3 Å². The fourth-order valence-corrected chi connectivity index (χ4v) is 9.77. The van der Waals surface area contributed by atoms with Crippen molar-refractivity contribution in [2.45, 2.75) is 26.2 Å². The van der Waals surface area contributed by atoms with E-state index in [2.05, 4.69) is 53.1 Å². The second-order valence-corrected chi connectivity index (χ2v) is 17.2. The molecule has 0 atom stereocenters. The summed E-state index contributed by atoms with van der Waals surface area (Å²) in [5, 5.41) is 14.0. The van der Waals surface area contributed by atoms with Crippen LogP contribution in [0.1, 0.15) is 27.8 Å². The number of hydrogen-bond donors (Lipinski definition) is 0. The van der Waals surface area contributed by atoms with Crippen molar-refractivity contribution in [2.75, 3.05) is 0 Å². The van der Waals surface area contributed by atoms with E-state index < -0.39 is 29.0 Å². The van der Waals surface area contributed by atoms with Crippen LogP contribution in [0.25, 0.3) is 99.5 Å². The Balaban J connectivity index is 1.24. The van der Waals surface area contributed by atoms with Crippen molar-refractivity contribution in [3.05, 3.63) is 216 Å². The maximum Gasteiger partial charge on any atom is 0.417 e. The van der Waals surface area contributed by atoms with Crippen LogP contribution in [-0.2, 0) is 12.4 Å².